The standard InChI is InChI=1S/C14H14ClN5O3/c1-7-16-14-18-13(22)10(20(14)19-7)6-12(21)17-9-5-8(15)3-4-11(9)23-2/h3-5,10H,6H2,1-2H3,(H,17,21)(H,16,18,19,22)/t10-/m0/s1. The highest BCUT2D eigenvalue weighted by Crippen LogP contribution is 2.29. The Morgan fingerprint density at radius 3 is 3.04 bits per heavy atom. The maximum atomic E-state index is 12.3. The number of ether oxygens (including phenoxy) is 1. The minimum Gasteiger partial charge on any atom is -0.495 e. The highest BCUT2D eigenvalue weighted by Gasteiger charge is 2.34. The largest absolute Gasteiger partial charge is 0.495 e. The van der Waals surface area contributed by atoms with Crippen LogP contribution in [0, 0.1) is 6.92 Å². The van der Waals surface area contributed by atoms with Crippen molar-refractivity contribution in [2.24, 2.45) is 0 Å². The number of rotatable bonds is 4. The molecule has 3 rings (SSSR count). The molecule has 0 bridgehead atoms. The number of carbonyl (C=O) groups is 2. The van der Waals surface area contributed by atoms with Crippen LogP contribution in [-0.2, 0) is 9.59 Å². The molecule has 0 fully saturated rings. The third-order valence-electron chi connectivity index (χ3n) is 3.38. The molecule has 1 aromatic carbocycles. The fraction of sp³-hybridized carbons (Fsp3) is 0.286. The first-order valence-corrected chi connectivity index (χ1v) is 7.23. The molecule has 0 radical (unpaired) electrons. The summed E-state index contributed by atoms with van der Waals surface area (Å²) in [7, 11) is 1.49. The van der Waals surface area contributed by atoms with Gasteiger partial charge in [-0.25, -0.2) is 4.68 Å². The first-order valence-electron chi connectivity index (χ1n) is 6.85. The zero-order valence-corrected chi connectivity index (χ0v) is 13.2. The number of nitrogens with zero attached hydrogens (tertiary/aromatic N) is 3. The van der Waals surface area contributed by atoms with Gasteiger partial charge in [0.05, 0.1) is 19.2 Å². The Hall–Kier alpha value is -2.61. The zero-order valence-electron chi connectivity index (χ0n) is 12.5. The van der Waals surface area contributed by atoms with Gasteiger partial charge < -0.3 is 10.1 Å². The van der Waals surface area contributed by atoms with Crippen LogP contribution in [0.3, 0.4) is 0 Å². The van der Waals surface area contributed by atoms with Crippen LogP contribution in [0.1, 0.15) is 18.3 Å². The molecule has 1 atom stereocenters. The van der Waals surface area contributed by atoms with Crippen molar-refractivity contribution in [2.45, 2.75) is 19.4 Å². The fourth-order valence-electron chi connectivity index (χ4n) is 2.37. The molecular weight excluding hydrogens is 322 g/mol. The summed E-state index contributed by atoms with van der Waals surface area (Å²) in [4.78, 5) is 28.3. The summed E-state index contributed by atoms with van der Waals surface area (Å²) in [5.74, 6) is 0.698. The van der Waals surface area contributed by atoms with E-state index in [9.17, 15) is 9.59 Å². The molecule has 8 nitrogen and oxygen atoms in total. The number of nitrogens with one attached hydrogen (secondary N) is 2. The molecule has 0 unspecified atom stereocenters. The lowest BCUT2D eigenvalue weighted by atomic mass is 10.2. The summed E-state index contributed by atoms with van der Waals surface area (Å²) in [5.41, 5.74) is 0.443. The highest BCUT2D eigenvalue weighted by atomic mass is 35.5. The van der Waals surface area contributed by atoms with Crippen LogP contribution in [0.2, 0.25) is 5.02 Å². The third-order valence-corrected chi connectivity index (χ3v) is 3.62. The second kappa shape index (κ2) is 5.88. The number of hydrogen-bond acceptors (Lipinski definition) is 5. The summed E-state index contributed by atoms with van der Waals surface area (Å²) in [6.45, 7) is 1.71. The second-order valence-corrected chi connectivity index (χ2v) is 5.47. The number of amides is 2. The molecular formula is C14H14ClN5O3. The lowest BCUT2D eigenvalue weighted by molar-refractivity contribution is -0.123. The Kier molecular flexibility index (Phi) is 3.91. The highest BCUT2D eigenvalue weighted by molar-refractivity contribution is 6.31. The molecule has 120 valence electrons. The number of fused-ring (bicyclic) bond motifs is 1. The molecule has 0 aliphatic carbocycles. The van der Waals surface area contributed by atoms with Crippen molar-refractivity contribution >= 4 is 35.1 Å². The van der Waals surface area contributed by atoms with Crippen molar-refractivity contribution in [1.82, 2.24) is 14.8 Å². The number of aromatic nitrogens is 3. The van der Waals surface area contributed by atoms with Crippen LogP contribution >= 0.6 is 11.6 Å². The minimum absolute atomic E-state index is 0.0721. The molecule has 2 heterocycles. The van der Waals surface area contributed by atoms with E-state index in [1.54, 1.807) is 25.1 Å². The normalized spacial score (nSPS) is 16.0. The van der Waals surface area contributed by atoms with Crippen LogP contribution in [0.4, 0.5) is 11.6 Å². The van der Waals surface area contributed by atoms with Crippen LogP contribution in [0.15, 0.2) is 18.2 Å². The third kappa shape index (κ3) is 2.98. The topological polar surface area (TPSA) is 98.1 Å². The van der Waals surface area contributed by atoms with E-state index in [1.807, 2.05) is 0 Å². The second-order valence-electron chi connectivity index (χ2n) is 5.03. The number of halogens is 1. The average molecular weight is 336 g/mol. The summed E-state index contributed by atoms with van der Waals surface area (Å²) in [6, 6.07) is 4.17. The molecule has 0 saturated heterocycles. The number of benzene rings is 1. The molecule has 2 aromatic rings. The van der Waals surface area contributed by atoms with Crippen LogP contribution in [-0.4, -0.2) is 33.7 Å². The van der Waals surface area contributed by atoms with Gasteiger partial charge in [-0.2, -0.15) is 10.1 Å². The van der Waals surface area contributed by atoms with Crippen LogP contribution in [0.25, 0.3) is 0 Å². The Bertz CT molecular complexity index is 789. The lowest BCUT2D eigenvalue weighted by Gasteiger charge is -2.12. The molecule has 23 heavy (non-hydrogen) atoms. The quantitative estimate of drug-likeness (QED) is 0.887. The Labute approximate surface area is 136 Å². The molecule has 9 heteroatoms. The number of methoxy groups -OCH3 is 1. The Morgan fingerprint density at radius 2 is 2.30 bits per heavy atom. The Balaban J connectivity index is 1.75. The van der Waals surface area contributed by atoms with E-state index in [-0.39, 0.29) is 18.2 Å². The maximum Gasteiger partial charge on any atom is 0.252 e. The molecule has 2 N–H and O–H groups in total. The van der Waals surface area contributed by atoms with Crippen molar-refractivity contribution in [2.75, 3.05) is 17.7 Å². The maximum absolute atomic E-state index is 12.3. The predicted octanol–water partition coefficient (Wildman–Crippen LogP) is 1.77. The van der Waals surface area contributed by atoms with Crippen molar-refractivity contribution in [1.29, 1.82) is 0 Å². The first kappa shape index (κ1) is 15.3. The predicted molar refractivity (Wildman–Crippen MR) is 83.7 cm³/mol. The van der Waals surface area contributed by atoms with Crippen LogP contribution < -0.4 is 15.4 Å². The summed E-state index contributed by atoms with van der Waals surface area (Å²) in [6.07, 6.45) is -0.0721. The van der Waals surface area contributed by atoms with E-state index in [0.717, 1.165) is 0 Å². The molecule has 0 saturated carbocycles. The molecule has 1 aliphatic heterocycles. The van der Waals surface area contributed by atoms with Gasteiger partial charge in [0.2, 0.25) is 11.9 Å². The van der Waals surface area contributed by atoms with Gasteiger partial charge in [0.1, 0.15) is 17.6 Å². The van der Waals surface area contributed by atoms with Gasteiger partial charge in [0, 0.05) is 5.02 Å². The van der Waals surface area contributed by atoms with Crippen molar-refractivity contribution in [3.05, 3.63) is 29.0 Å². The van der Waals surface area contributed by atoms with Crippen LogP contribution in [0.5, 0.6) is 5.75 Å². The number of anilines is 2. The van der Waals surface area contributed by atoms with Gasteiger partial charge in [-0.3, -0.25) is 14.9 Å². The summed E-state index contributed by atoms with van der Waals surface area (Å²) < 4.78 is 6.59. The van der Waals surface area contributed by atoms with Gasteiger partial charge in [-0.1, -0.05) is 11.6 Å². The smallest absolute Gasteiger partial charge is 0.252 e. The number of aryl methyl sites for hydroxylation is 1. The lowest BCUT2D eigenvalue weighted by Crippen LogP contribution is -2.24. The first-order chi connectivity index (χ1) is 11.0. The van der Waals surface area contributed by atoms with E-state index in [2.05, 4.69) is 20.7 Å². The van der Waals surface area contributed by atoms with E-state index >= 15 is 0 Å². The average Bonchev–Trinajstić information content (AvgIpc) is 2.97. The van der Waals surface area contributed by atoms with E-state index in [4.69, 9.17) is 16.3 Å². The fourth-order valence-corrected chi connectivity index (χ4v) is 2.54. The summed E-state index contributed by atoms with van der Waals surface area (Å²) >= 11 is 5.93. The minimum atomic E-state index is -0.726. The number of hydrogen-bond donors (Lipinski definition) is 2. The van der Waals surface area contributed by atoms with Crippen molar-refractivity contribution < 1.29 is 14.3 Å². The SMILES string of the molecule is COc1ccc(Cl)cc1NC(=O)C[C@H]1C(=O)Nc2nc(C)nn21. The molecule has 1 aromatic heterocycles. The van der Waals surface area contributed by atoms with Gasteiger partial charge in [-0.15, -0.1) is 0 Å². The molecule has 2 amide bonds. The van der Waals surface area contributed by atoms with Gasteiger partial charge in [0.25, 0.3) is 5.91 Å². The van der Waals surface area contributed by atoms with Crippen molar-refractivity contribution in [3.8, 4) is 5.75 Å². The van der Waals surface area contributed by atoms with E-state index < -0.39 is 6.04 Å². The van der Waals surface area contributed by atoms with E-state index in [1.165, 1.54) is 11.8 Å². The Morgan fingerprint density at radius 1 is 1.52 bits per heavy atom. The van der Waals surface area contributed by atoms with Crippen molar-refractivity contribution in [3.63, 3.8) is 0 Å². The monoisotopic (exact) mass is 335 g/mol. The van der Waals surface area contributed by atoms with E-state index in [0.29, 0.717) is 28.2 Å². The van der Waals surface area contributed by atoms with Gasteiger partial charge >= 0.3 is 0 Å². The summed E-state index contributed by atoms with van der Waals surface area (Å²) in [5, 5.41) is 9.89. The molecule has 1 aliphatic rings. The van der Waals surface area contributed by atoms with Gasteiger partial charge in [0.15, 0.2) is 0 Å². The molecule has 0 spiro atoms. The zero-order chi connectivity index (χ0) is 16.6. The number of carbonyl (C=O) groups excluding carboxylic acids is 2. The van der Waals surface area contributed by atoms with Gasteiger partial charge in [-0.05, 0) is 25.1 Å².